The monoisotopic (exact) mass is 218 g/mol. The van der Waals surface area contributed by atoms with E-state index in [2.05, 4.69) is 10.9 Å². The molecule has 1 aliphatic rings. The first kappa shape index (κ1) is 10.9. The molecule has 1 heterocycles. The van der Waals surface area contributed by atoms with Crippen LogP contribution in [0.4, 0.5) is 0 Å². The molecule has 1 aliphatic heterocycles. The van der Waals surface area contributed by atoms with E-state index in [-0.39, 0.29) is 12.0 Å². The number of carbonyl (C=O) groups is 1. The quantitative estimate of drug-likeness (QED) is 0.665. The molecule has 2 atom stereocenters. The van der Waals surface area contributed by atoms with E-state index in [1.807, 2.05) is 30.3 Å². The average molecular weight is 218 g/mol. The minimum Gasteiger partial charge on any atom is -0.478 e. The highest BCUT2D eigenvalue weighted by atomic mass is 16.4. The van der Waals surface area contributed by atoms with E-state index in [0.29, 0.717) is 0 Å². The first-order valence-corrected chi connectivity index (χ1v) is 5.22. The van der Waals surface area contributed by atoms with Gasteiger partial charge in [0.1, 0.15) is 0 Å². The van der Waals surface area contributed by atoms with Gasteiger partial charge in [0.15, 0.2) is 0 Å². The van der Waals surface area contributed by atoms with Gasteiger partial charge in [-0.25, -0.2) is 10.2 Å². The highest BCUT2D eigenvalue weighted by molar-refractivity contribution is 5.79. The van der Waals surface area contributed by atoms with Crippen molar-refractivity contribution in [3.63, 3.8) is 0 Å². The molecule has 16 heavy (non-hydrogen) atoms. The Balaban J connectivity index is 2.12. The summed E-state index contributed by atoms with van der Waals surface area (Å²) >= 11 is 0. The molecule has 4 nitrogen and oxygen atoms in total. The van der Waals surface area contributed by atoms with Crippen molar-refractivity contribution in [3.05, 3.63) is 48.0 Å². The second-order valence-corrected chi connectivity index (χ2v) is 3.77. The number of carboxylic acid groups (broad SMARTS) is 1. The Labute approximate surface area is 94.0 Å². The summed E-state index contributed by atoms with van der Waals surface area (Å²) in [7, 11) is 0. The molecule has 1 aromatic rings. The zero-order chi connectivity index (χ0) is 11.4. The van der Waals surface area contributed by atoms with Crippen LogP contribution < -0.4 is 10.9 Å². The largest absolute Gasteiger partial charge is 0.478 e. The summed E-state index contributed by atoms with van der Waals surface area (Å²) in [4.78, 5) is 10.5. The van der Waals surface area contributed by atoms with Crippen LogP contribution in [0.2, 0.25) is 0 Å². The molecular weight excluding hydrogens is 204 g/mol. The Kier molecular flexibility index (Phi) is 3.34. The SMILES string of the molecule is O=C(O)/C=C\C1CNNC1c1ccccc1. The molecule has 0 radical (unpaired) electrons. The molecule has 2 rings (SSSR count). The molecule has 84 valence electrons. The second kappa shape index (κ2) is 4.92. The van der Waals surface area contributed by atoms with E-state index in [4.69, 9.17) is 5.11 Å². The first-order chi connectivity index (χ1) is 7.77. The smallest absolute Gasteiger partial charge is 0.327 e. The van der Waals surface area contributed by atoms with Crippen LogP contribution in [0.3, 0.4) is 0 Å². The van der Waals surface area contributed by atoms with Crippen molar-refractivity contribution in [1.29, 1.82) is 0 Å². The van der Waals surface area contributed by atoms with Crippen molar-refractivity contribution in [3.8, 4) is 0 Å². The van der Waals surface area contributed by atoms with Crippen LogP contribution in [0.25, 0.3) is 0 Å². The Morgan fingerprint density at radius 2 is 2.12 bits per heavy atom. The van der Waals surface area contributed by atoms with E-state index >= 15 is 0 Å². The summed E-state index contributed by atoms with van der Waals surface area (Å²) in [5.41, 5.74) is 7.36. The number of benzene rings is 1. The third kappa shape index (κ3) is 2.48. The van der Waals surface area contributed by atoms with Crippen LogP contribution in [0.5, 0.6) is 0 Å². The summed E-state index contributed by atoms with van der Waals surface area (Å²) < 4.78 is 0. The maximum Gasteiger partial charge on any atom is 0.327 e. The predicted molar refractivity (Wildman–Crippen MR) is 60.6 cm³/mol. The molecule has 0 saturated carbocycles. The van der Waals surface area contributed by atoms with Gasteiger partial charge in [-0.05, 0) is 5.56 Å². The number of hydrazine groups is 1. The summed E-state index contributed by atoms with van der Waals surface area (Å²) in [6, 6.07) is 10.1. The van der Waals surface area contributed by atoms with Crippen molar-refractivity contribution < 1.29 is 9.90 Å². The van der Waals surface area contributed by atoms with E-state index in [1.165, 1.54) is 6.08 Å². The number of rotatable bonds is 3. The summed E-state index contributed by atoms with van der Waals surface area (Å²) in [6.07, 6.45) is 2.93. The second-order valence-electron chi connectivity index (χ2n) is 3.77. The average Bonchev–Trinajstić information content (AvgIpc) is 2.75. The number of carboxylic acids is 1. The van der Waals surface area contributed by atoms with Gasteiger partial charge < -0.3 is 5.11 Å². The minimum absolute atomic E-state index is 0.136. The van der Waals surface area contributed by atoms with Crippen LogP contribution in [-0.4, -0.2) is 17.6 Å². The minimum atomic E-state index is -0.904. The van der Waals surface area contributed by atoms with Gasteiger partial charge in [0.25, 0.3) is 0 Å². The number of hydrogen-bond donors (Lipinski definition) is 3. The molecular formula is C12H14N2O2. The van der Waals surface area contributed by atoms with Crippen molar-refractivity contribution in [2.24, 2.45) is 5.92 Å². The van der Waals surface area contributed by atoms with E-state index < -0.39 is 5.97 Å². The zero-order valence-electron chi connectivity index (χ0n) is 8.76. The van der Waals surface area contributed by atoms with E-state index in [0.717, 1.165) is 12.1 Å². The number of hydrogen-bond acceptors (Lipinski definition) is 3. The number of aliphatic carboxylic acids is 1. The fourth-order valence-corrected chi connectivity index (χ4v) is 1.89. The van der Waals surface area contributed by atoms with Gasteiger partial charge in [-0.1, -0.05) is 36.4 Å². The molecule has 4 heteroatoms. The van der Waals surface area contributed by atoms with Gasteiger partial charge in [-0.15, -0.1) is 0 Å². The lowest BCUT2D eigenvalue weighted by Crippen LogP contribution is -2.24. The van der Waals surface area contributed by atoms with Crippen LogP contribution >= 0.6 is 0 Å². The lowest BCUT2D eigenvalue weighted by molar-refractivity contribution is -0.131. The Bertz CT molecular complexity index is 389. The number of nitrogens with one attached hydrogen (secondary N) is 2. The fraction of sp³-hybridized carbons (Fsp3) is 0.250. The molecule has 1 saturated heterocycles. The van der Waals surface area contributed by atoms with Gasteiger partial charge in [0.2, 0.25) is 0 Å². The maximum absolute atomic E-state index is 10.5. The summed E-state index contributed by atoms with van der Waals surface area (Å²) in [6.45, 7) is 0.739. The standard InChI is InChI=1S/C12H14N2O2/c15-11(16)7-6-10-8-13-14-12(10)9-4-2-1-3-5-9/h1-7,10,12-14H,8H2,(H,15,16)/b7-6-. The third-order valence-electron chi connectivity index (χ3n) is 2.67. The Hall–Kier alpha value is -1.65. The van der Waals surface area contributed by atoms with Gasteiger partial charge >= 0.3 is 5.97 Å². The van der Waals surface area contributed by atoms with Gasteiger partial charge in [-0.3, -0.25) is 5.43 Å². The first-order valence-electron chi connectivity index (χ1n) is 5.22. The fourth-order valence-electron chi connectivity index (χ4n) is 1.89. The molecule has 1 fully saturated rings. The van der Waals surface area contributed by atoms with Gasteiger partial charge in [0.05, 0.1) is 6.04 Å². The topological polar surface area (TPSA) is 61.4 Å². The third-order valence-corrected chi connectivity index (χ3v) is 2.67. The normalized spacial score (nSPS) is 25.0. The summed E-state index contributed by atoms with van der Waals surface area (Å²) in [5.74, 6) is -0.739. The molecule has 0 amide bonds. The Morgan fingerprint density at radius 3 is 2.81 bits per heavy atom. The van der Waals surface area contributed by atoms with Crippen LogP contribution in [0, 0.1) is 5.92 Å². The highest BCUT2D eigenvalue weighted by Gasteiger charge is 2.25. The zero-order valence-corrected chi connectivity index (χ0v) is 8.76. The van der Waals surface area contributed by atoms with E-state index in [1.54, 1.807) is 6.08 Å². The molecule has 3 N–H and O–H groups in total. The van der Waals surface area contributed by atoms with E-state index in [9.17, 15) is 4.79 Å². The molecule has 1 aromatic carbocycles. The van der Waals surface area contributed by atoms with Crippen LogP contribution in [-0.2, 0) is 4.79 Å². The molecule has 2 unspecified atom stereocenters. The molecule has 0 spiro atoms. The Morgan fingerprint density at radius 1 is 1.38 bits per heavy atom. The van der Waals surface area contributed by atoms with Crippen LogP contribution in [0.1, 0.15) is 11.6 Å². The van der Waals surface area contributed by atoms with Crippen molar-refractivity contribution in [2.45, 2.75) is 6.04 Å². The maximum atomic E-state index is 10.5. The molecule has 0 aromatic heterocycles. The predicted octanol–water partition coefficient (Wildman–Crippen LogP) is 1.09. The lowest BCUT2D eigenvalue weighted by atomic mass is 9.95. The molecule has 0 aliphatic carbocycles. The summed E-state index contributed by atoms with van der Waals surface area (Å²) in [5, 5.41) is 8.60. The van der Waals surface area contributed by atoms with Gasteiger partial charge in [-0.2, -0.15) is 0 Å². The van der Waals surface area contributed by atoms with Gasteiger partial charge in [0, 0.05) is 18.5 Å². The highest BCUT2D eigenvalue weighted by Crippen LogP contribution is 2.25. The van der Waals surface area contributed by atoms with Crippen molar-refractivity contribution in [2.75, 3.05) is 6.54 Å². The molecule has 0 bridgehead atoms. The van der Waals surface area contributed by atoms with Crippen molar-refractivity contribution >= 4 is 5.97 Å². The van der Waals surface area contributed by atoms with Crippen molar-refractivity contribution in [1.82, 2.24) is 10.9 Å². The van der Waals surface area contributed by atoms with Crippen LogP contribution in [0.15, 0.2) is 42.5 Å². The lowest BCUT2D eigenvalue weighted by Gasteiger charge is -2.15.